The van der Waals surface area contributed by atoms with Gasteiger partial charge in [0.1, 0.15) is 10.5 Å². The lowest BCUT2D eigenvalue weighted by molar-refractivity contribution is -0.127. The number of pyridine rings is 1. The third-order valence-electron chi connectivity index (χ3n) is 5.24. The first-order chi connectivity index (χ1) is 15.2. The molecule has 0 radical (unpaired) electrons. The van der Waals surface area contributed by atoms with Gasteiger partial charge in [0.05, 0.1) is 5.57 Å². The molecule has 1 aliphatic heterocycles. The van der Waals surface area contributed by atoms with E-state index in [2.05, 4.69) is 9.97 Å². The number of hydrogen-bond donors (Lipinski definition) is 1. The predicted octanol–water partition coefficient (Wildman–Crippen LogP) is 3.04. The summed E-state index contributed by atoms with van der Waals surface area (Å²) in [5.41, 5.74) is -0.711. The van der Waals surface area contributed by atoms with Gasteiger partial charge in [-0.05, 0) is 17.7 Å². The number of nitrogens with zero attached hydrogens (tertiary/aromatic N) is 3. The maximum Gasteiger partial charge on any atom is 0.417 e. The highest BCUT2D eigenvalue weighted by Crippen LogP contribution is 2.34. The molecule has 3 heterocycles. The van der Waals surface area contributed by atoms with E-state index in [9.17, 15) is 26.4 Å². The second-order valence-corrected chi connectivity index (χ2v) is 9.11. The second kappa shape index (κ2) is 8.40. The Bertz CT molecular complexity index is 1260. The number of hydrogen-bond acceptors (Lipinski definition) is 4. The number of carbonyl (C=O) groups is 1. The summed E-state index contributed by atoms with van der Waals surface area (Å²) in [6, 6.07) is 10.3. The summed E-state index contributed by atoms with van der Waals surface area (Å²) in [5.74, 6) is -0.811. The number of aromatic amines is 1. The Morgan fingerprint density at radius 1 is 1.03 bits per heavy atom. The topological polar surface area (TPSA) is 86.4 Å². The van der Waals surface area contributed by atoms with Gasteiger partial charge in [-0.3, -0.25) is 4.79 Å². The first-order valence-electron chi connectivity index (χ1n) is 9.73. The lowest BCUT2D eigenvalue weighted by Crippen LogP contribution is -2.50. The first-order valence-corrected chi connectivity index (χ1v) is 11.2. The average Bonchev–Trinajstić information content (AvgIpc) is 3.22. The fourth-order valence-corrected chi connectivity index (χ4v) is 5.17. The summed E-state index contributed by atoms with van der Waals surface area (Å²) in [4.78, 5) is 20.7. The minimum atomic E-state index is -4.70. The number of sulfonamides is 1. The van der Waals surface area contributed by atoms with E-state index in [1.807, 2.05) is 0 Å². The Balaban J connectivity index is 1.50. The molecular weight excluding hydrogens is 445 g/mol. The van der Waals surface area contributed by atoms with E-state index in [0.29, 0.717) is 17.1 Å². The van der Waals surface area contributed by atoms with E-state index >= 15 is 0 Å². The molecule has 3 aromatic rings. The fourth-order valence-electron chi connectivity index (χ4n) is 3.59. The van der Waals surface area contributed by atoms with E-state index in [1.54, 1.807) is 18.2 Å². The molecule has 1 saturated heterocycles. The van der Waals surface area contributed by atoms with Crippen LogP contribution in [0.5, 0.6) is 0 Å². The van der Waals surface area contributed by atoms with Crippen LogP contribution in [0.25, 0.3) is 16.6 Å². The number of benzene rings is 1. The van der Waals surface area contributed by atoms with Gasteiger partial charge in [0.15, 0.2) is 0 Å². The van der Waals surface area contributed by atoms with Crippen LogP contribution in [0.15, 0.2) is 65.8 Å². The summed E-state index contributed by atoms with van der Waals surface area (Å²) in [5, 5.41) is 0.451. The molecule has 4 rings (SSSR count). The van der Waals surface area contributed by atoms with Crippen LogP contribution >= 0.6 is 0 Å². The van der Waals surface area contributed by atoms with E-state index < -0.39 is 27.7 Å². The number of carbonyl (C=O) groups excluding carboxylic acids is 1. The molecule has 11 heteroatoms. The molecule has 2 aromatic heterocycles. The molecule has 7 nitrogen and oxygen atoms in total. The third kappa shape index (κ3) is 4.26. The summed E-state index contributed by atoms with van der Waals surface area (Å²) in [7, 11) is -3.85. The zero-order chi connectivity index (χ0) is 22.9. The number of fused-ring (bicyclic) bond motifs is 1. The second-order valence-electron chi connectivity index (χ2n) is 7.20. The number of rotatable bonds is 4. The van der Waals surface area contributed by atoms with Crippen molar-refractivity contribution in [3.8, 4) is 0 Å². The summed E-state index contributed by atoms with van der Waals surface area (Å²) in [6.07, 6.45) is -1.23. The van der Waals surface area contributed by atoms with E-state index in [4.69, 9.17) is 0 Å². The van der Waals surface area contributed by atoms with Crippen molar-refractivity contribution in [3.05, 3.63) is 66.5 Å². The zero-order valence-electron chi connectivity index (χ0n) is 16.7. The average molecular weight is 464 g/mol. The maximum absolute atomic E-state index is 13.5. The minimum Gasteiger partial charge on any atom is -0.345 e. The normalized spacial score (nSPS) is 16.5. The van der Waals surface area contributed by atoms with Gasteiger partial charge in [-0.25, -0.2) is 13.4 Å². The third-order valence-corrected chi connectivity index (χ3v) is 7.18. The number of halogens is 3. The predicted molar refractivity (Wildman–Crippen MR) is 112 cm³/mol. The van der Waals surface area contributed by atoms with E-state index in [-0.39, 0.29) is 36.6 Å². The minimum absolute atomic E-state index is 0.0188. The quantitative estimate of drug-likeness (QED) is 0.602. The van der Waals surface area contributed by atoms with Gasteiger partial charge in [0.2, 0.25) is 15.9 Å². The lowest BCUT2D eigenvalue weighted by atomic mass is 10.0. The molecule has 0 saturated carbocycles. The highest BCUT2D eigenvalue weighted by atomic mass is 32.2. The molecular formula is C21H19F3N4O3S. The summed E-state index contributed by atoms with van der Waals surface area (Å²) in [6.45, 7) is -0.0900. The van der Waals surface area contributed by atoms with Crippen LogP contribution in [0.1, 0.15) is 5.56 Å². The summed E-state index contributed by atoms with van der Waals surface area (Å²) < 4.78 is 67.8. The van der Waals surface area contributed by atoms with Crippen LogP contribution in [0.3, 0.4) is 0 Å². The van der Waals surface area contributed by atoms with Crippen molar-refractivity contribution in [2.75, 3.05) is 26.2 Å². The number of amides is 1. The molecule has 0 aliphatic carbocycles. The smallest absolute Gasteiger partial charge is 0.345 e. The molecule has 0 unspecified atom stereocenters. The molecule has 0 bridgehead atoms. The van der Waals surface area contributed by atoms with Crippen molar-refractivity contribution in [2.45, 2.75) is 11.1 Å². The highest BCUT2D eigenvalue weighted by molar-refractivity contribution is 7.89. The van der Waals surface area contributed by atoms with Crippen LogP contribution in [0, 0.1) is 0 Å². The molecule has 168 valence electrons. The fraction of sp³-hybridized carbons (Fsp3) is 0.238. The molecule has 0 atom stereocenters. The van der Waals surface area contributed by atoms with Crippen molar-refractivity contribution >= 4 is 32.5 Å². The van der Waals surface area contributed by atoms with Crippen molar-refractivity contribution in [2.24, 2.45) is 0 Å². The number of piperazine rings is 1. The van der Waals surface area contributed by atoms with Crippen molar-refractivity contribution in [3.63, 3.8) is 0 Å². The Labute approximate surface area is 182 Å². The molecule has 0 spiro atoms. The van der Waals surface area contributed by atoms with Gasteiger partial charge < -0.3 is 9.88 Å². The largest absolute Gasteiger partial charge is 0.417 e. The Hall–Kier alpha value is -3.18. The van der Waals surface area contributed by atoms with Gasteiger partial charge in [-0.15, -0.1) is 0 Å². The SMILES string of the molecule is O=C(/C=C(/c1ccccc1)C(F)(F)F)N1CCN(S(=O)(=O)c2c[nH]c3ncccc23)CC1. The Morgan fingerprint density at radius 3 is 2.38 bits per heavy atom. The standard InChI is InChI=1S/C21H19F3N4O3S/c22-21(23,24)17(15-5-2-1-3-6-15)13-19(29)27-9-11-28(12-10-27)32(30,31)18-14-26-20-16(18)7-4-8-25-20/h1-8,13-14H,9-12H2,(H,25,26)/b17-13-. The van der Waals surface area contributed by atoms with Gasteiger partial charge >= 0.3 is 6.18 Å². The monoisotopic (exact) mass is 464 g/mol. The number of aromatic nitrogens is 2. The highest BCUT2D eigenvalue weighted by Gasteiger charge is 2.37. The molecule has 1 amide bonds. The molecule has 1 aliphatic rings. The number of allylic oxidation sites excluding steroid dienone is 1. The van der Waals surface area contributed by atoms with Gasteiger partial charge in [-0.1, -0.05) is 30.3 Å². The van der Waals surface area contributed by atoms with E-state index in [1.165, 1.54) is 45.9 Å². The Kier molecular flexibility index (Phi) is 5.78. The summed E-state index contributed by atoms with van der Waals surface area (Å²) >= 11 is 0. The van der Waals surface area contributed by atoms with Gasteiger partial charge in [0, 0.05) is 50.0 Å². The van der Waals surface area contributed by atoms with Crippen LogP contribution in [-0.2, 0) is 14.8 Å². The number of nitrogens with one attached hydrogen (secondary N) is 1. The molecule has 1 N–H and O–H groups in total. The zero-order valence-corrected chi connectivity index (χ0v) is 17.5. The van der Waals surface area contributed by atoms with Crippen LogP contribution in [0.2, 0.25) is 0 Å². The van der Waals surface area contributed by atoms with Crippen molar-refractivity contribution in [1.82, 2.24) is 19.2 Å². The molecule has 32 heavy (non-hydrogen) atoms. The van der Waals surface area contributed by atoms with Crippen LogP contribution < -0.4 is 0 Å². The van der Waals surface area contributed by atoms with Crippen molar-refractivity contribution in [1.29, 1.82) is 0 Å². The van der Waals surface area contributed by atoms with E-state index in [0.717, 1.165) is 0 Å². The van der Waals surface area contributed by atoms with Gasteiger partial charge in [-0.2, -0.15) is 17.5 Å². The Morgan fingerprint density at radius 2 is 1.72 bits per heavy atom. The number of H-pyrrole nitrogens is 1. The van der Waals surface area contributed by atoms with Crippen LogP contribution in [0.4, 0.5) is 13.2 Å². The lowest BCUT2D eigenvalue weighted by Gasteiger charge is -2.33. The first kappa shape index (κ1) is 22.0. The molecule has 1 aromatic carbocycles. The number of alkyl halides is 3. The van der Waals surface area contributed by atoms with Gasteiger partial charge in [0.25, 0.3) is 0 Å². The van der Waals surface area contributed by atoms with Crippen molar-refractivity contribution < 1.29 is 26.4 Å². The molecule has 1 fully saturated rings. The van der Waals surface area contributed by atoms with Crippen LogP contribution in [-0.4, -0.2) is 65.9 Å². The maximum atomic E-state index is 13.5.